The van der Waals surface area contributed by atoms with Gasteiger partial charge in [-0.15, -0.1) is 0 Å². The monoisotopic (exact) mass is 288 g/mol. The number of hydrogen-bond acceptors (Lipinski definition) is 2. The summed E-state index contributed by atoms with van der Waals surface area (Å²) in [7, 11) is 1.29. The highest BCUT2D eigenvalue weighted by molar-refractivity contribution is 8.13. The van der Waals surface area contributed by atoms with E-state index in [4.69, 9.17) is 22.3 Å². The highest BCUT2D eigenvalue weighted by Crippen LogP contribution is 2.31. The van der Waals surface area contributed by atoms with Gasteiger partial charge in [0, 0.05) is 28.2 Å². The Morgan fingerprint density at radius 1 is 1.38 bits per heavy atom. The van der Waals surface area contributed by atoms with E-state index in [0.717, 1.165) is 19.1 Å². The Morgan fingerprint density at radius 2 is 1.94 bits per heavy atom. The van der Waals surface area contributed by atoms with E-state index in [9.17, 15) is 17.2 Å². The molecular weight excluding hydrogens is 281 g/mol. The van der Waals surface area contributed by atoms with Crippen molar-refractivity contribution in [2.24, 2.45) is 0 Å². The van der Waals surface area contributed by atoms with E-state index in [1.807, 2.05) is 0 Å². The van der Waals surface area contributed by atoms with Crippen molar-refractivity contribution in [2.75, 3.05) is 0 Å². The molecular formula is C9H8Cl2F2O2S. The maximum Gasteiger partial charge on any atom is 0.270 e. The first-order valence-electron chi connectivity index (χ1n) is 4.18. The lowest BCUT2D eigenvalue weighted by Crippen LogP contribution is -2.07. The lowest BCUT2D eigenvalue weighted by atomic mass is 10.1. The van der Waals surface area contributed by atoms with Gasteiger partial charge in [-0.3, -0.25) is 0 Å². The van der Waals surface area contributed by atoms with Crippen LogP contribution in [0.4, 0.5) is 8.78 Å². The number of benzene rings is 1. The highest BCUT2D eigenvalue weighted by Gasteiger charge is 2.25. The number of halogens is 4. The van der Waals surface area contributed by atoms with Gasteiger partial charge in [-0.2, -0.15) is 0 Å². The van der Waals surface area contributed by atoms with Gasteiger partial charge in [-0.05, 0) is 11.6 Å². The van der Waals surface area contributed by atoms with E-state index >= 15 is 0 Å². The largest absolute Gasteiger partial charge is 0.270 e. The first-order chi connectivity index (χ1) is 7.09. The molecule has 0 spiro atoms. The molecule has 2 nitrogen and oxygen atoms in total. The molecule has 0 aliphatic heterocycles. The molecule has 1 aromatic carbocycles. The maximum absolute atomic E-state index is 12.9. The SMILES string of the molecule is CC(F)(F)c1ccc(CS(=O)(=O)Cl)c(Cl)c1. The standard InChI is InChI=1S/C9H8Cl2F2O2S/c1-9(12,13)7-3-2-6(8(10)4-7)5-16(11,14)15/h2-4H,5H2,1H3. The molecule has 0 fully saturated rings. The summed E-state index contributed by atoms with van der Waals surface area (Å²) in [5.74, 6) is -3.50. The van der Waals surface area contributed by atoms with Gasteiger partial charge in [-0.25, -0.2) is 17.2 Å². The Hall–Kier alpha value is -0.390. The van der Waals surface area contributed by atoms with Gasteiger partial charge in [-0.1, -0.05) is 23.7 Å². The molecule has 0 amide bonds. The van der Waals surface area contributed by atoms with Crippen molar-refractivity contribution < 1.29 is 17.2 Å². The van der Waals surface area contributed by atoms with Crippen molar-refractivity contribution in [3.8, 4) is 0 Å². The van der Waals surface area contributed by atoms with Gasteiger partial charge in [0.05, 0.1) is 5.75 Å². The second-order valence-electron chi connectivity index (χ2n) is 3.38. The Balaban J connectivity index is 3.11. The van der Waals surface area contributed by atoms with E-state index in [-0.39, 0.29) is 16.1 Å². The Morgan fingerprint density at radius 3 is 2.31 bits per heavy atom. The minimum atomic E-state index is -3.75. The molecule has 0 saturated carbocycles. The van der Waals surface area contributed by atoms with Crippen molar-refractivity contribution in [1.82, 2.24) is 0 Å². The summed E-state index contributed by atoms with van der Waals surface area (Å²) in [6.07, 6.45) is 0. The molecule has 0 aromatic heterocycles. The van der Waals surface area contributed by atoms with Crippen molar-refractivity contribution in [2.45, 2.75) is 18.6 Å². The second-order valence-corrected chi connectivity index (χ2v) is 6.56. The van der Waals surface area contributed by atoms with Crippen LogP contribution in [-0.4, -0.2) is 8.42 Å². The van der Waals surface area contributed by atoms with Crippen molar-refractivity contribution >= 4 is 31.3 Å². The number of hydrogen-bond donors (Lipinski definition) is 0. The summed E-state index contributed by atoms with van der Waals surface area (Å²) in [6.45, 7) is 0.733. The highest BCUT2D eigenvalue weighted by atomic mass is 35.7. The third-order valence-corrected chi connectivity index (χ3v) is 3.22. The van der Waals surface area contributed by atoms with Crippen LogP contribution in [0.1, 0.15) is 18.1 Å². The van der Waals surface area contributed by atoms with Crippen LogP contribution in [0.5, 0.6) is 0 Å². The van der Waals surface area contributed by atoms with Crippen LogP contribution in [0.25, 0.3) is 0 Å². The van der Waals surface area contributed by atoms with E-state index in [1.54, 1.807) is 0 Å². The molecule has 1 rings (SSSR count). The van der Waals surface area contributed by atoms with Crippen LogP contribution in [-0.2, 0) is 20.7 Å². The lowest BCUT2D eigenvalue weighted by Gasteiger charge is -2.12. The zero-order valence-corrected chi connectivity index (χ0v) is 10.5. The first-order valence-corrected chi connectivity index (χ1v) is 7.04. The average Bonchev–Trinajstić information content (AvgIpc) is 2.04. The normalized spacial score (nSPS) is 12.8. The summed E-state index contributed by atoms with van der Waals surface area (Å²) < 4.78 is 47.4. The predicted molar refractivity (Wildman–Crippen MR) is 59.5 cm³/mol. The van der Waals surface area contributed by atoms with Crippen LogP contribution in [0.3, 0.4) is 0 Å². The van der Waals surface area contributed by atoms with Crippen LogP contribution < -0.4 is 0 Å². The summed E-state index contributed by atoms with van der Waals surface area (Å²) in [5.41, 5.74) is -0.0714. The third kappa shape index (κ3) is 3.88. The molecule has 0 atom stereocenters. The zero-order valence-electron chi connectivity index (χ0n) is 8.18. The van der Waals surface area contributed by atoms with Gasteiger partial charge in [0.15, 0.2) is 0 Å². The summed E-state index contributed by atoms with van der Waals surface area (Å²) in [6, 6.07) is 3.40. The number of alkyl halides is 2. The average molecular weight is 289 g/mol. The molecule has 0 saturated heterocycles. The van der Waals surface area contributed by atoms with Crippen LogP contribution in [0, 0.1) is 0 Å². The molecule has 7 heteroatoms. The second kappa shape index (κ2) is 4.47. The van der Waals surface area contributed by atoms with Crippen LogP contribution in [0.2, 0.25) is 5.02 Å². The minimum Gasteiger partial charge on any atom is -0.212 e. The van der Waals surface area contributed by atoms with Gasteiger partial charge in [0.1, 0.15) is 0 Å². The quantitative estimate of drug-likeness (QED) is 0.798. The molecule has 1 aromatic rings. The van der Waals surface area contributed by atoms with Gasteiger partial charge in [0.2, 0.25) is 9.05 Å². The van der Waals surface area contributed by atoms with Gasteiger partial charge in [0.25, 0.3) is 5.92 Å². The Kier molecular flexibility index (Phi) is 3.82. The summed E-state index contributed by atoms with van der Waals surface area (Å²) >= 11 is 5.69. The minimum absolute atomic E-state index is 0.0387. The third-order valence-electron chi connectivity index (χ3n) is 1.89. The van der Waals surface area contributed by atoms with Crippen molar-refractivity contribution in [3.63, 3.8) is 0 Å². The molecule has 0 N–H and O–H groups in total. The van der Waals surface area contributed by atoms with E-state index in [1.165, 1.54) is 6.07 Å². The van der Waals surface area contributed by atoms with E-state index < -0.39 is 20.7 Å². The molecule has 0 radical (unpaired) electrons. The fraction of sp³-hybridized carbons (Fsp3) is 0.333. The molecule has 0 bridgehead atoms. The van der Waals surface area contributed by atoms with Crippen molar-refractivity contribution in [1.29, 1.82) is 0 Å². The van der Waals surface area contributed by atoms with Gasteiger partial charge >= 0.3 is 0 Å². The topological polar surface area (TPSA) is 34.1 Å². The molecule has 90 valence electrons. The zero-order chi connectivity index (χ0) is 12.6. The fourth-order valence-electron chi connectivity index (χ4n) is 1.12. The smallest absolute Gasteiger partial charge is 0.212 e. The van der Waals surface area contributed by atoms with Gasteiger partial charge < -0.3 is 0 Å². The number of rotatable bonds is 3. The van der Waals surface area contributed by atoms with Crippen LogP contribution >= 0.6 is 22.3 Å². The van der Waals surface area contributed by atoms with E-state index in [2.05, 4.69) is 0 Å². The lowest BCUT2D eigenvalue weighted by molar-refractivity contribution is 0.0175. The maximum atomic E-state index is 12.9. The molecule has 0 aliphatic rings. The molecule has 0 heterocycles. The fourth-order valence-corrected chi connectivity index (χ4v) is 2.43. The van der Waals surface area contributed by atoms with E-state index in [0.29, 0.717) is 0 Å². The predicted octanol–water partition coefficient (Wildman–Crippen LogP) is 3.52. The van der Waals surface area contributed by atoms with Crippen LogP contribution in [0.15, 0.2) is 18.2 Å². The Bertz CT molecular complexity index is 495. The molecule has 16 heavy (non-hydrogen) atoms. The van der Waals surface area contributed by atoms with Crippen molar-refractivity contribution in [3.05, 3.63) is 34.3 Å². The Labute approximate surface area is 102 Å². The first kappa shape index (κ1) is 13.7. The summed E-state index contributed by atoms with van der Waals surface area (Å²) in [4.78, 5) is 0. The molecule has 0 unspecified atom stereocenters. The summed E-state index contributed by atoms with van der Waals surface area (Å²) in [5, 5.41) is -0.0387. The molecule has 0 aliphatic carbocycles.